The van der Waals surface area contributed by atoms with Crippen molar-refractivity contribution in [3.8, 4) is 11.5 Å². The highest BCUT2D eigenvalue weighted by molar-refractivity contribution is 6.28. The van der Waals surface area contributed by atoms with E-state index in [0.717, 1.165) is 22.7 Å². The van der Waals surface area contributed by atoms with Gasteiger partial charge in [-0.05, 0) is 86.6 Å². The predicted octanol–water partition coefficient (Wildman–Crippen LogP) is 2.69. The van der Waals surface area contributed by atoms with Crippen LogP contribution in [0.2, 0.25) is 0 Å². The van der Waals surface area contributed by atoms with Gasteiger partial charge in [0.1, 0.15) is 23.0 Å². The van der Waals surface area contributed by atoms with Crippen LogP contribution >= 0.6 is 0 Å². The van der Waals surface area contributed by atoms with E-state index in [0.29, 0.717) is 36.0 Å². The molecular weight excluding hydrogens is 510 g/mol. The fourth-order valence-corrected chi connectivity index (χ4v) is 4.01. The highest BCUT2D eigenvalue weighted by atomic mass is 35.5. The fraction of sp³-hybridized carbons (Fsp3) is 0.188. The van der Waals surface area contributed by atoms with Crippen LogP contribution in [0.3, 0.4) is 0 Å². The fourth-order valence-electron chi connectivity index (χ4n) is 4.01. The molecule has 6 nitrogen and oxygen atoms in total. The molecule has 0 atom stereocenters. The van der Waals surface area contributed by atoms with Crippen molar-refractivity contribution in [2.45, 2.75) is 13.8 Å². The lowest BCUT2D eigenvalue weighted by atomic mass is 10.1. The molecule has 0 aliphatic carbocycles. The Kier molecular flexibility index (Phi) is 10.7. The summed E-state index contributed by atoms with van der Waals surface area (Å²) in [4.78, 5) is 22.0. The zero-order valence-electron chi connectivity index (χ0n) is 22.7. The van der Waals surface area contributed by atoms with E-state index in [-0.39, 0.29) is 18.3 Å². The van der Waals surface area contributed by atoms with Crippen molar-refractivity contribution in [3.63, 3.8) is 0 Å². The number of hydrogen-bond acceptors (Lipinski definition) is 4. The molecule has 0 aliphatic rings. The number of amidine groups is 1. The Bertz CT molecular complexity index is 1350. The summed E-state index contributed by atoms with van der Waals surface area (Å²) in [5.74, 6) is 1.86. The Morgan fingerprint density at radius 3 is 1.77 bits per heavy atom. The summed E-state index contributed by atoms with van der Waals surface area (Å²) in [6.45, 7) is 5.05. The molecule has 0 saturated heterocycles. The molecule has 0 fully saturated rings. The van der Waals surface area contributed by atoms with Gasteiger partial charge in [0, 0.05) is 11.1 Å². The van der Waals surface area contributed by atoms with E-state index in [1.165, 1.54) is 4.90 Å². The second kappa shape index (κ2) is 14.1. The molecule has 202 valence electrons. The number of quaternary nitrogens is 1. The van der Waals surface area contributed by atoms with Crippen LogP contribution in [0, 0.1) is 0 Å². The van der Waals surface area contributed by atoms with Gasteiger partial charge in [-0.25, -0.2) is 4.99 Å². The molecule has 7 heteroatoms. The molecule has 0 radical (unpaired) electrons. The van der Waals surface area contributed by atoms with E-state index < -0.39 is 0 Å². The summed E-state index contributed by atoms with van der Waals surface area (Å²) >= 11 is 0. The first kappa shape index (κ1) is 29.4. The van der Waals surface area contributed by atoms with E-state index in [2.05, 4.69) is 14.1 Å². The standard InChI is InChI=1S/C32H33N3O3.ClH/c1-5-37-29-20-14-26(15-21-29)33-31(24-10-8-7-9-11-24)35(28-18-22-30(23-19-28)38-6-2)32(36)25-12-16-27(17-13-25)34(3)4;/h7-23H,5-6H2,1-4H3;1H. The van der Waals surface area contributed by atoms with Crippen LogP contribution in [0.15, 0.2) is 108 Å². The van der Waals surface area contributed by atoms with Gasteiger partial charge in [0.05, 0.1) is 38.7 Å². The lowest BCUT2D eigenvalue weighted by molar-refractivity contribution is -0.786. The summed E-state index contributed by atoms with van der Waals surface area (Å²) in [6.07, 6.45) is 0. The van der Waals surface area contributed by atoms with Crippen molar-refractivity contribution in [3.05, 3.63) is 114 Å². The minimum absolute atomic E-state index is 0. The number of anilines is 1. The normalized spacial score (nSPS) is 11.1. The molecule has 0 saturated carbocycles. The van der Waals surface area contributed by atoms with Crippen LogP contribution < -0.4 is 31.7 Å². The third-order valence-corrected chi connectivity index (χ3v) is 5.94. The summed E-state index contributed by atoms with van der Waals surface area (Å²) in [6, 6.07) is 32.5. The van der Waals surface area contributed by atoms with Gasteiger partial charge in [-0.3, -0.25) is 9.69 Å². The van der Waals surface area contributed by atoms with E-state index in [1.807, 2.05) is 117 Å². The summed E-state index contributed by atoms with van der Waals surface area (Å²) in [5, 5.41) is 0. The molecule has 0 unspecified atom stereocenters. The van der Waals surface area contributed by atoms with Crippen LogP contribution in [0.25, 0.3) is 0 Å². The van der Waals surface area contributed by atoms with Gasteiger partial charge >= 0.3 is 0 Å². The van der Waals surface area contributed by atoms with Crippen molar-refractivity contribution in [2.24, 2.45) is 4.99 Å². The second-order valence-electron chi connectivity index (χ2n) is 8.87. The molecule has 0 aromatic heterocycles. The van der Waals surface area contributed by atoms with Gasteiger partial charge in [0.15, 0.2) is 0 Å². The second-order valence-corrected chi connectivity index (χ2v) is 8.87. The van der Waals surface area contributed by atoms with Gasteiger partial charge in [-0.2, -0.15) is 0 Å². The number of halogens is 1. The molecule has 0 heterocycles. The number of benzene rings is 4. The number of hydrogen-bond donors (Lipinski definition) is 1. The largest absolute Gasteiger partial charge is 1.00 e. The lowest BCUT2D eigenvalue weighted by Crippen LogP contribution is -3.00. The van der Waals surface area contributed by atoms with Crippen LogP contribution in [0.4, 0.5) is 17.1 Å². The van der Waals surface area contributed by atoms with E-state index in [4.69, 9.17) is 14.5 Å². The highest BCUT2D eigenvalue weighted by Gasteiger charge is 2.25. The molecular formula is C32H34ClN3O3. The minimum Gasteiger partial charge on any atom is -1.00 e. The number of carbonyl (C=O) groups is 1. The maximum absolute atomic E-state index is 14.2. The Hall–Kier alpha value is -4.13. The van der Waals surface area contributed by atoms with Gasteiger partial charge < -0.3 is 26.8 Å². The third kappa shape index (κ3) is 7.47. The average Bonchev–Trinajstić information content (AvgIpc) is 2.95. The topological polar surface area (TPSA) is 55.6 Å². The first-order valence-corrected chi connectivity index (χ1v) is 12.8. The van der Waals surface area contributed by atoms with Crippen LogP contribution in [-0.4, -0.2) is 39.1 Å². The van der Waals surface area contributed by atoms with Crippen molar-refractivity contribution in [1.29, 1.82) is 0 Å². The van der Waals surface area contributed by atoms with E-state index in [9.17, 15) is 4.79 Å². The number of ether oxygens (including phenoxy) is 2. The number of nitrogens with one attached hydrogen (secondary N) is 1. The van der Waals surface area contributed by atoms with Gasteiger partial charge in [0.2, 0.25) is 0 Å². The van der Waals surface area contributed by atoms with Crippen molar-refractivity contribution in [1.82, 2.24) is 0 Å². The maximum atomic E-state index is 14.2. The monoisotopic (exact) mass is 543 g/mol. The lowest BCUT2D eigenvalue weighted by Gasteiger charge is -2.25. The molecule has 0 bridgehead atoms. The first-order valence-electron chi connectivity index (χ1n) is 12.8. The first-order chi connectivity index (χ1) is 18.5. The minimum atomic E-state index is -0.178. The Morgan fingerprint density at radius 2 is 1.26 bits per heavy atom. The van der Waals surface area contributed by atoms with Gasteiger partial charge in [-0.15, -0.1) is 0 Å². The number of aliphatic imine (C=N–C) groups is 1. The third-order valence-electron chi connectivity index (χ3n) is 5.94. The quantitative estimate of drug-likeness (QED) is 0.261. The molecule has 0 aliphatic heterocycles. The number of amides is 1. The smallest absolute Gasteiger partial charge is 0.264 e. The molecule has 4 rings (SSSR count). The summed E-state index contributed by atoms with van der Waals surface area (Å²) in [7, 11) is 4.11. The SMILES string of the molecule is CCOc1ccc(N=C(c2ccccc2)N(C(=O)c2ccc([NH+](C)C)cc2)c2ccc(OCC)cc2)cc1.[Cl-]. The Balaban J connectivity index is 0.00000420. The number of nitrogens with zero attached hydrogens (tertiary/aromatic N) is 2. The molecule has 4 aromatic rings. The highest BCUT2D eigenvalue weighted by Crippen LogP contribution is 2.27. The Morgan fingerprint density at radius 1 is 0.718 bits per heavy atom. The molecule has 0 spiro atoms. The molecule has 4 aromatic carbocycles. The van der Waals surface area contributed by atoms with Gasteiger partial charge in [-0.1, -0.05) is 30.3 Å². The van der Waals surface area contributed by atoms with Gasteiger partial charge in [0.25, 0.3) is 5.91 Å². The number of rotatable bonds is 9. The van der Waals surface area contributed by atoms with Crippen molar-refractivity contribution < 1.29 is 31.6 Å². The zero-order chi connectivity index (χ0) is 26.9. The average molecular weight is 544 g/mol. The number of carbonyl (C=O) groups excluding carboxylic acids is 1. The zero-order valence-corrected chi connectivity index (χ0v) is 23.5. The van der Waals surface area contributed by atoms with Crippen LogP contribution in [0.5, 0.6) is 11.5 Å². The summed E-state index contributed by atoms with van der Waals surface area (Å²) < 4.78 is 11.2. The maximum Gasteiger partial charge on any atom is 0.264 e. The Labute approximate surface area is 236 Å². The van der Waals surface area contributed by atoms with E-state index in [1.54, 1.807) is 4.90 Å². The summed E-state index contributed by atoms with van der Waals surface area (Å²) in [5.41, 5.74) is 3.88. The van der Waals surface area contributed by atoms with Crippen LogP contribution in [-0.2, 0) is 0 Å². The predicted molar refractivity (Wildman–Crippen MR) is 154 cm³/mol. The molecule has 1 N–H and O–H groups in total. The van der Waals surface area contributed by atoms with Crippen LogP contribution in [0.1, 0.15) is 29.8 Å². The molecule has 39 heavy (non-hydrogen) atoms. The van der Waals surface area contributed by atoms with Crippen molar-refractivity contribution >= 4 is 28.8 Å². The van der Waals surface area contributed by atoms with Crippen molar-refractivity contribution in [2.75, 3.05) is 32.2 Å². The van der Waals surface area contributed by atoms with E-state index >= 15 is 0 Å². The molecule has 1 amide bonds.